The Labute approximate surface area is 145 Å². The van der Waals surface area contributed by atoms with Crippen LogP contribution in [-0.4, -0.2) is 25.1 Å². The fourth-order valence-corrected chi connectivity index (χ4v) is 2.41. The summed E-state index contributed by atoms with van der Waals surface area (Å²) in [6, 6.07) is 10.4. The van der Waals surface area contributed by atoms with E-state index in [0.29, 0.717) is 39.7 Å². The number of methoxy groups -OCH3 is 2. The molecule has 1 amide bonds. The molecule has 1 aromatic heterocycles. The third-order valence-electron chi connectivity index (χ3n) is 3.77. The second-order valence-electron chi connectivity index (χ2n) is 5.94. The largest absolute Gasteiger partial charge is 0.497 e. The van der Waals surface area contributed by atoms with Gasteiger partial charge < -0.3 is 19.2 Å². The Morgan fingerprint density at radius 2 is 1.76 bits per heavy atom. The number of nitrogens with one attached hydrogen (secondary N) is 1. The second-order valence-corrected chi connectivity index (χ2v) is 5.94. The van der Waals surface area contributed by atoms with Crippen molar-refractivity contribution in [3.05, 3.63) is 47.9 Å². The van der Waals surface area contributed by atoms with Crippen LogP contribution in [0.1, 0.15) is 36.0 Å². The number of hydrogen-bond donors (Lipinski definition) is 1. The van der Waals surface area contributed by atoms with Crippen LogP contribution in [0.25, 0.3) is 11.1 Å². The number of amides is 1. The summed E-state index contributed by atoms with van der Waals surface area (Å²) in [5, 5.41) is 2.86. The molecule has 0 spiro atoms. The first-order valence-corrected chi connectivity index (χ1v) is 7.95. The number of carbonyl (C=O) groups is 1. The van der Waals surface area contributed by atoms with Crippen LogP contribution in [-0.2, 0) is 0 Å². The highest BCUT2D eigenvalue weighted by atomic mass is 16.5. The highest BCUT2D eigenvalue weighted by molar-refractivity contribution is 6.05. The van der Waals surface area contributed by atoms with Gasteiger partial charge in [0.05, 0.1) is 14.2 Å². The van der Waals surface area contributed by atoms with Crippen molar-refractivity contribution in [1.29, 1.82) is 0 Å². The van der Waals surface area contributed by atoms with Gasteiger partial charge in [0.25, 0.3) is 5.91 Å². The van der Waals surface area contributed by atoms with E-state index in [1.165, 1.54) is 0 Å². The van der Waals surface area contributed by atoms with Crippen molar-refractivity contribution >= 4 is 22.7 Å². The summed E-state index contributed by atoms with van der Waals surface area (Å²) in [4.78, 5) is 17.0. The van der Waals surface area contributed by atoms with Crippen molar-refractivity contribution in [3.8, 4) is 11.5 Å². The minimum atomic E-state index is -0.260. The Balaban J connectivity index is 1.86. The SMILES string of the molecule is COc1cc(OC)cc(C(=O)Nc2ccc3oc(C(C)C)nc3c2)c1. The van der Waals surface area contributed by atoms with Gasteiger partial charge in [-0.05, 0) is 30.3 Å². The molecule has 0 atom stereocenters. The maximum Gasteiger partial charge on any atom is 0.255 e. The molecular formula is C19H20N2O4. The monoisotopic (exact) mass is 340 g/mol. The molecule has 0 saturated carbocycles. The van der Waals surface area contributed by atoms with Crippen molar-refractivity contribution in [1.82, 2.24) is 4.98 Å². The molecule has 0 saturated heterocycles. The number of nitrogens with zero attached hydrogens (tertiary/aromatic N) is 1. The zero-order valence-electron chi connectivity index (χ0n) is 14.6. The molecule has 0 aliphatic rings. The molecule has 25 heavy (non-hydrogen) atoms. The summed E-state index contributed by atoms with van der Waals surface area (Å²) < 4.78 is 16.1. The minimum absolute atomic E-state index is 0.203. The van der Waals surface area contributed by atoms with Gasteiger partial charge >= 0.3 is 0 Å². The van der Waals surface area contributed by atoms with E-state index in [1.54, 1.807) is 50.6 Å². The van der Waals surface area contributed by atoms with Gasteiger partial charge in [0.15, 0.2) is 11.5 Å². The van der Waals surface area contributed by atoms with Crippen LogP contribution >= 0.6 is 0 Å². The summed E-state index contributed by atoms with van der Waals surface area (Å²) >= 11 is 0. The van der Waals surface area contributed by atoms with Crippen LogP contribution < -0.4 is 14.8 Å². The van der Waals surface area contributed by atoms with E-state index >= 15 is 0 Å². The number of oxazole rings is 1. The van der Waals surface area contributed by atoms with E-state index in [-0.39, 0.29) is 11.8 Å². The Bertz CT molecular complexity index is 893. The fraction of sp³-hybridized carbons (Fsp3) is 0.263. The number of hydrogen-bond acceptors (Lipinski definition) is 5. The van der Waals surface area contributed by atoms with Crippen molar-refractivity contribution < 1.29 is 18.7 Å². The molecule has 6 heteroatoms. The molecule has 2 aromatic carbocycles. The topological polar surface area (TPSA) is 73.6 Å². The summed E-state index contributed by atoms with van der Waals surface area (Å²) in [7, 11) is 3.09. The first-order valence-electron chi connectivity index (χ1n) is 7.95. The van der Waals surface area contributed by atoms with Crippen LogP contribution in [0.5, 0.6) is 11.5 Å². The van der Waals surface area contributed by atoms with E-state index < -0.39 is 0 Å². The highest BCUT2D eigenvalue weighted by Gasteiger charge is 2.13. The Morgan fingerprint density at radius 3 is 2.36 bits per heavy atom. The maximum atomic E-state index is 12.5. The first-order chi connectivity index (χ1) is 12.0. The van der Waals surface area contributed by atoms with Gasteiger partial charge in [-0.15, -0.1) is 0 Å². The lowest BCUT2D eigenvalue weighted by Crippen LogP contribution is -2.12. The van der Waals surface area contributed by atoms with Crippen LogP contribution in [0, 0.1) is 0 Å². The molecule has 3 rings (SSSR count). The van der Waals surface area contributed by atoms with Gasteiger partial charge in [0.2, 0.25) is 0 Å². The molecule has 3 aromatic rings. The number of benzene rings is 2. The summed E-state index contributed by atoms with van der Waals surface area (Å²) in [5.41, 5.74) is 2.50. The van der Waals surface area contributed by atoms with Crippen molar-refractivity contribution in [2.24, 2.45) is 0 Å². The lowest BCUT2D eigenvalue weighted by atomic mass is 10.1. The smallest absolute Gasteiger partial charge is 0.255 e. The zero-order chi connectivity index (χ0) is 18.0. The number of carbonyl (C=O) groups excluding carboxylic acids is 1. The number of aromatic nitrogens is 1. The van der Waals surface area contributed by atoms with Gasteiger partial charge in [0, 0.05) is 23.2 Å². The zero-order valence-corrected chi connectivity index (χ0v) is 14.6. The van der Waals surface area contributed by atoms with Crippen LogP contribution in [0.4, 0.5) is 5.69 Å². The summed E-state index contributed by atoms with van der Waals surface area (Å²) in [6.07, 6.45) is 0. The lowest BCUT2D eigenvalue weighted by Gasteiger charge is -2.09. The van der Waals surface area contributed by atoms with Crippen LogP contribution in [0.2, 0.25) is 0 Å². The normalized spacial score (nSPS) is 10.9. The van der Waals surface area contributed by atoms with E-state index in [1.807, 2.05) is 13.8 Å². The predicted molar refractivity (Wildman–Crippen MR) is 95.6 cm³/mol. The average molecular weight is 340 g/mol. The van der Waals surface area contributed by atoms with Crippen molar-refractivity contribution in [2.75, 3.05) is 19.5 Å². The molecule has 6 nitrogen and oxygen atoms in total. The van der Waals surface area contributed by atoms with Crippen molar-refractivity contribution in [2.45, 2.75) is 19.8 Å². The molecule has 0 radical (unpaired) electrons. The van der Waals surface area contributed by atoms with E-state index in [4.69, 9.17) is 13.9 Å². The third-order valence-corrected chi connectivity index (χ3v) is 3.77. The average Bonchev–Trinajstić information content (AvgIpc) is 3.04. The first kappa shape index (κ1) is 16.8. The maximum absolute atomic E-state index is 12.5. The van der Waals surface area contributed by atoms with Gasteiger partial charge in [-0.2, -0.15) is 0 Å². The predicted octanol–water partition coefficient (Wildman–Crippen LogP) is 4.22. The number of fused-ring (bicyclic) bond motifs is 1. The van der Waals surface area contributed by atoms with Gasteiger partial charge in [0.1, 0.15) is 17.0 Å². The minimum Gasteiger partial charge on any atom is -0.497 e. The molecule has 0 bridgehead atoms. The molecule has 0 unspecified atom stereocenters. The van der Waals surface area contributed by atoms with E-state index in [2.05, 4.69) is 10.3 Å². The standard InChI is InChI=1S/C19H20N2O4/c1-11(2)19-21-16-9-13(5-6-17(16)25-19)20-18(22)12-7-14(23-3)10-15(8-12)24-4/h5-11H,1-4H3,(H,20,22). The second kappa shape index (κ2) is 6.84. The Morgan fingerprint density at radius 1 is 1.08 bits per heavy atom. The van der Waals surface area contributed by atoms with Gasteiger partial charge in [-0.1, -0.05) is 13.8 Å². The molecular weight excluding hydrogens is 320 g/mol. The summed E-state index contributed by atoms with van der Waals surface area (Å²) in [5.74, 6) is 1.73. The fourth-order valence-electron chi connectivity index (χ4n) is 2.41. The molecule has 1 heterocycles. The molecule has 0 aliphatic carbocycles. The Kier molecular flexibility index (Phi) is 4.61. The van der Waals surface area contributed by atoms with E-state index in [9.17, 15) is 4.79 Å². The quantitative estimate of drug-likeness (QED) is 0.753. The highest BCUT2D eigenvalue weighted by Crippen LogP contribution is 2.26. The van der Waals surface area contributed by atoms with E-state index in [0.717, 1.165) is 0 Å². The van der Waals surface area contributed by atoms with Gasteiger partial charge in [-0.3, -0.25) is 4.79 Å². The molecule has 130 valence electrons. The van der Waals surface area contributed by atoms with Gasteiger partial charge in [-0.25, -0.2) is 4.98 Å². The molecule has 0 fully saturated rings. The Hall–Kier alpha value is -3.02. The van der Waals surface area contributed by atoms with Crippen LogP contribution in [0.15, 0.2) is 40.8 Å². The van der Waals surface area contributed by atoms with Crippen LogP contribution in [0.3, 0.4) is 0 Å². The molecule has 1 N–H and O–H groups in total. The number of anilines is 1. The number of rotatable bonds is 5. The number of ether oxygens (including phenoxy) is 2. The molecule has 0 aliphatic heterocycles. The lowest BCUT2D eigenvalue weighted by molar-refractivity contribution is 0.102. The third kappa shape index (κ3) is 3.57. The summed E-state index contributed by atoms with van der Waals surface area (Å²) in [6.45, 7) is 4.03. The van der Waals surface area contributed by atoms with Crippen molar-refractivity contribution in [3.63, 3.8) is 0 Å².